The quantitative estimate of drug-likeness (QED) is 0.607. The minimum Gasteiger partial charge on any atom is -0.320 e. The minimum atomic E-state index is -0.287. The molecule has 86 valence electrons. The fraction of sp³-hybridized carbons (Fsp3) is 0. The number of para-hydroxylation sites is 1. The van der Waals surface area contributed by atoms with Gasteiger partial charge >= 0.3 is 0 Å². The van der Waals surface area contributed by atoms with Crippen LogP contribution >= 0.6 is 0 Å². The lowest BCUT2D eigenvalue weighted by Crippen LogP contribution is -2.04. The molecule has 0 unspecified atom stereocenters. The van der Waals surface area contributed by atoms with Crippen LogP contribution in [0.15, 0.2) is 40.2 Å². The van der Waals surface area contributed by atoms with E-state index < -0.39 is 0 Å². The molecule has 0 fully saturated rings. The molecule has 0 bridgehead atoms. The first-order valence-electron chi connectivity index (χ1n) is 5.00. The molecule has 0 aliphatic heterocycles. The van der Waals surface area contributed by atoms with E-state index in [0.29, 0.717) is 11.2 Å². The van der Waals surface area contributed by atoms with E-state index in [-0.39, 0.29) is 11.3 Å². The normalized spacial score (nSPS) is 9.22. The van der Waals surface area contributed by atoms with E-state index >= 15 is 0 Å². The second-order valence-corrected chi connectivity index (χ2v) is 3.39. The van der Waals surface area contributed by atoms with E-state index in [9.17, 15) is 4.79 Å². The molecule has 18 heavy (non-hydrogen) atoms. The highest BCUT2D eigenvalue weighted by Gasteiger charge is 2.01. The number of hydrazone groups is 1. The third-order valence-corrected chi connectivity index (χ3v) is 2.26. The van der Waals surface area contributed by atoms with Crippen LogP contribution in [-0.2, 0) is 0 Å². The van der Waals surface area contributed by atoms with Crippen molar-refractivity contribution in [3.05, 3.63) is 40.7 Å². The summed E-state index contributed by atoms with van der Waals surface area (Å²) in [4.78, 5) is 13.9. The van der Waals surface area contributed by atoms with Crippen LogP contribution in [0.1, 0.15) is 0 Å². The van der Waals surface area contributed by atoms with E-state index in [1.54, 1.807) is 30.3 Å². The predicted octanol–water partition coefficient (Wildman–Crippen LogP) is 1.34. The van der Waals surface area contributed by atoms with Crippen molar-refractivity contribution in [2.75, 3.05) is 5.43 Å². The second-order valence-electron chi connectivity index (χ2n) is 3.39. The van der Waals surface area contributed by atoms with Gasteiger partial charge in [0.05, 0.1) is 11.2 Å². The van der Waals surface area contributed by atoms with Crippen molar-refractivity contribution in [1.29, 1.82) is 10.5 Å². The van der Waals surface area contributed by atoms with Crippen molar-refractivity contribution < 1.29 is 0 Å². The van der Waals surface area contributed by atoms with Crippen molar-refractivity contribution in [2.24, 2.45) is 5.10 Å². The Bertz CT molecular complexity index is 744. The number of hydrogen-bond acceptors (Lipinski definition) is 5. The van der Waals surface area contributed by atoms with Crippen molar-refractivity contribution in [3.8, 4) is 12.1 Å². The Morgan fingerprint density at radius 3 is 2.72 bits per heavy atom. The summed E-state index contributed by atoms with van der Waals surface area (Å²) in [6.45, 7) is 0. The van der Waals surface area contributed by atoms with Crippen LogP contribution in [0, 0.1) is 22.7 Å². The van der Waals surface area contributed by atoms with Crippen molar-refractivity contribution in [1.82, 2.24) is 4.98 Å². The molecule has 1 aromatic carbocycles. The average Bonchev–Trinajstić information content (AvgIpc) is 2.40. The number of pyridine rings is 1. The molecule has 0 radical (unpaired) electrons. The van der Waals surface area contributed by atoms with Gasteiger partial charge in [0.1, 0.15) is 12.1 Å². The topological polar surface area (TPSA) is 105 Å². The molecule has 6 heteroatoms. The number of fused-ring (bicyclic) bond motifs is 1. The maximum Gasteiger partial charge on any atom is 0.248 e. The number of aromatic amines is 1. The zero-order valence-electron chi connectivity index (χ0n) is 9.14. The Morgan fingerprint density at radius 2 is 2.00 bits per heavy atom. The van der Waals surface area contributed by atoms with Gasteiger partial charge in [0, 0.05) is 11.5 Å². The lowest BCUT2D eigenvalue weighted by molar-refractivity contribution is 1.28. The first kappa shape index (κ1) is 11.4. The zero-order chi connectivity index (χ0) is 13.0. The van der Waals surface area contributed by atoms with Crippen LogP contribution in [0.25, 0.3) is 10.9 Å². The number of H-pyrrole nitrogens is 1. The number of nitrogens with one attached hydrogen (secondary N) is 2. The molecule has 1 aromatic heterocycles. The Balaban J connectivity index is 2.50. The number of rotatable bonds is 2. The summed E-state index contributed by atoms with van der Waals surface area (Å²) in [5.74, 6) is 0. The van der Waals surface area contributed by atoms with Crippen molar-refractivity contribution in [2.45, 2.75) is 0 Å². The van der Waals surface area contributed by atoms with Gasteiger partial charge in [-0.25, -0.2) is 0 Å². The largest absolute Gasteiger partial charge is 0.320 e. The molecule has 2 aromatic rings. The van der Waals surface area contributed by atoms with Gasteiger partial charge in [0.25, 0.3) is 0 Å². The lowest BCUT2D eigenvalue weighted by atomic mass is 10.2. The molecule has 0 atom stereocenters. The monoisotopic (exact) mass is 237 g/mol. The number of aromatic nitrogens is 1. The summed E-state index contributed by atoms with van der Waals surface area (Å²) in [6, 6.07) is 11.7. The maximum atomic E-state index is 11.3. The third-order valence-electron chi connectivity index (χ3n) is 2.26. The van der Waals surface area contributed by atoms with Crippen LogP contribution in [0.5, 0.6) is 0 Å². The molecule has 0 saturated carbocycles. The van der Waals surface area contributed by atoms with Crippen LogP contribution in [-0.4, -0.2) is 10.7 Å². The molecule has 0 aliphatic rings. The SMILES string of the molecule is N#CC(C#N)=NNc1cccc2ccc(=O)[nH]c12. The number of hydrogen-bond donors (Lipinski definition) is 2. The fourth-order valence-electron chi connectivity index (χ4n) is 1.46. The Hall–Kier alpha value is -3.12. The van der Waals surface area contributed by atoms with Gasteiger partial charge in [-0.3, -0.25) is 10.2 Å². The molecule has 0 aliphatic carbocycles. The van der Waals surface area contributed by atoms with E-state index in [1.807, 2.05) is 6.07 Å². The highest BCUT2D eigenvalue weighted by molar-refractivity contribution is 6.10. The van der Waals surface area contributed by atoms with E-state index in [4.69, 9.17) is 10.5 Å². The number of nitrogens with zero attached hydrogens (tertiary/aromatic N) is 3. The Morgan fingerprint density at radius 1 is 1.22 bits per heavy atom. The Kier molecular flexibility index (Phi) is 3.04. The zero-order valence-corrected chi connectivity index (χ0v) is 9.14. The molecular formula is C12H7N5O. The Labute approximate surface area is 102 Å². The van der Waals surface area contributed by atoms with Crippen LogP contribution in [0.4, 0.5) is 5.69 Å². The summed E-state index contributed by atoms with van der Waals surface area (Å²) in [7, 11) is 0. The summed E-state index contributed by atoms with van der Waals surface area (Å²) in [5, 5.41) is 21.6. The third kappa shape index (κ3) is 2.18. The van der Waals surface area contributed by atoms with Crippen molar-refractivity contribution >= 4 is 22.3 Å². The first-order chi connectivity index (χ1) is 8.74. The van der Waals surface area contributed by atoms with Gasteiger partial charge < -0.3 is 4.98 Å². The molecule has 0 spiro atoms. The lowest BCUT2D eigenvalue weighted by Gasteiger charge is -2.04. The highest BCUT2D eigenvalue weighted by atomic mass is 16.1. The van der Waals surface area contributed by atoms with Crippen LogP contribution in [0.3, 0.4) is 0 Å². The van der Waals surface area contributed by atoms with Crippen LogP contribution in [0.2, 0.25) is 0 Å². The molecule has 6 nitrogen and oxygen atoms in total. The van der Waals surface area contributed by atoms with Crippen molar-refractivity contribution in [3.63, 3.8) is 0 Å². The average molecular weight is 237 g/mol. The van der Waals surface area contributed by atoms with E-state index in [0.717, 1.165) is 5.39 Å². The summed E-state index contributed by atoms with van der Waals surface area (Å²) >= 11 is 0. The molecule has 0 saturated heterocycles. The van der Waals surface area contributed by atoms with Gasteiger partial charge in [-0.2, -0.15) is 15.6 Å². The molecular weight excluding hydrogens is 230 g/mol. The predicted molar refractivity (Wildman–Crippen MR) is 66.9 cm³/mol. The second kappa shape index (κ2) is 4.81. The minimum absolute atomic E-state index is 0.235. The van der Waals surface area contributed by atoms with E-state index in [2.05, 4.69) is 15.5 Å². The van der Waals surface area contributed by atoms with Gasteiger partial charge in [-0.1, -0.05) is 12.1 Å². The maximum absolute atomic E-state index is 11.3. The molecule has 1 heterocycles. The summed E-state index contributed by atoms with van der Waals surface area (Å²) in [5.41, 5.74) is 3.16. The first-order valence-corrected chi connectivity index (χ1v) is 5.00. The standard InChI is InChI=1S/C12H7N5O/c13-6-9(7-14)16-17-10-3-1-2-8-4-5-11(18)15-12(8)10/h1-5,17H,(H,15,18). The number of anilines is 1. The highest BCUT2D eigenvalue weighted by Crippen LogP contribution is 2.19. The van der Waals surface area contributed by atoms with Gasteiger partial charge in [0.2, 0.25) is 11.3 Å². The summed E-state index contributed by atoms with van der Waals surface area (Å²) in [6.07, 6.45) is 0. The van der Waals surface area contributed by atoms with Gasteiger partial charge in [0.15, 0.2) is 0 Å². The molecule has 2 rings (SSSR count). The number of nitriles is 2. The number of benzene rings is 1. The molecule has 2 N–H and O–H groups in total. The smallest absolute Gasteiger partial charge is 0.248 e. The van der Waals surface area contributed by atoms with E-state index in [1.165, 1.54) is 6.07 Å². The summed E-state index contributed by atoms with van der Waals surface area (Å²) < 4.78 is 0. The van der Waals surface area contributed by atoms with Gasteiger partial charge in [-0.15, -0.1) is 0 Å². The fourth-order valence-corrected chi connectivity index (χ4v) is 1.46. The molecule has 0 amide bonds. The van der Waals surface area contributed by atoms with Gasteiger partial charge in [-0.05, 0) is 12.1 Å². The van der Waals surface area contributed by atoms with Crippen LogP contribution < -0.4 is 11.0 Å².